The van der Waals surface area contributed by atoms with Crippen molar-refractivity contribution in [3.8, 4) is 18.2 Å². The minimum absolute atomic E-state index is 0.00474. The van der Waals surface area contributed by atoms with Crippen molar-refractivity contribution < 1.29 is 96.0 Å². The molecule has 3 unspecified atom stereocenters. The maximum Gasteiger partial charge on any atom is 0.416 e. The lowest BCUT2D eigenvalue weighted by atomic mass is 9.92. The summed E-state index contributed by atoms with van der Waals surface area (Å²) in [6.07, 6.45) is -8.38. The summed E-state index contributed by atoms with van der Waals surface area (Å²) in [6.45, 7) is 2.77. The van der Waals surface area contributed by atoms with E-state index in [9.17, 15) is 107 Å². The first-order chi connectivity index (χ1) is 52.3. The van der Waals surface area contributed by atoms with Crippen molar-refractivity contribution in [2.45, 2.75) is 124 Å². The van der Waals surface area contributed by atoms with Gasteiger partial charge in [-0.25, -0.2) is 60.7 Å². The third kappa shape index (κ3) is 16.1. The van der Waals surface area contributed by atoms with Crippen molar-refractivity contribution in [2.75, 3.05) is 40.8 Å². The fourth-order valence-corrected chi connectivity index (χ4v) is 15.5. The summed E-state index contributed by atoms with van der Waals surface area (Å²) < 4.78 is 146. The molecule has 3 heterocycles. The van der Waals surface area contributed by atoms with Gasteiger partial charge < -0.3 is 21.1 Å². The molecule has 0 bridgehead atoms. The largest absolute Gasteiger partial charge is 0.416 e. The van der Waals surface area contributed by atoms with Gasteiger partial charge in [0, 0.05) is 95.7 Å². The van der Waals surface area contributed by atoms with Crippen molar-refractivity contribution in [3.63, 3.8) is 0 Å². The Morgan fingerprint density at radius 1 is 0.559 bits per heavy atom. The van der Waals surface area contributed by atoms with Crippen LogP contribution in [0.5, 0.6) is 0 Å². The molecule has 4 atom stereocenters. The second-order valence-corrected chi connectivity index (χ2v) is 30.3. The van der Waals surface area contributed by atoms with Crippen molar-refractivity contribution in [2.24, 2.45) is 0 Å². The van der Waals surface area contributed by atoms with Crippen LogP contribution in [0, 0.1) is 34.0 Å². The summed E-state index contributed by atoms with van der Waals surface area (Å²) in [5, 5.41) is 45.4. The quantitative estimate of drug-likeness (QED) is 0.0827. The molecule has 1 saturated carbocycles. The van der Waals surface area contributed by atoms with Crippen molar-refractivity contribution in [1.82, 2.24) is 30.7 Å². The van der Waals surface area contributed by atoms with Crippen LogP contribution in [0.15, 0.2) is 177 Å². The number of ketones is 3. The van der Waals surface area contributed by atoms with Crippen LogP contribution in [-0.2, 0) is 47.4 Å². The van der Waals surface area contributed by atoms with Gasteiger partial charge in [0.05, 0.1) is 96.5 Å². The van der Waals surface area contributed by atoms with Gasteiger partial charge in [0.15, 0.2) is 27.2 Å². The van der Waals surface area contributed by atoms with Gasteiger partial charge in [0.2, 0.25) is 0 Å². The van der Waals surface area contributed by atoms with E-state index in [1.807, 2.05) is 18.2 Å². The van der Waals surface area contributed by atoms with Gasteiger partial charge in [0.25, 0.3) is 6.43 Å². The second kappa shape index (κ2) is 31.0. The van der Waals surface area contributed by atoms with E-state index < -0.39 is 122 Å². The van der Waals surface area contributed by atoms with E-state index in [1.54, 1.807) is 12.1 Å². The summed E-state index contributed by atoms with van der Waals surface area (Å²) in [4.78, 5) is 126. The summed E-state index contributed by atoms with van der Waals surface area (Å²) in [6, 6.07) is 23.5. The number of aliphatic hydroxyl groups is 1. The zero-order chi connectivity index (χ0) is 80.8. The number of urea groups is 6. The molecule has 4 N–H and O–H groups in total. The lowest BCUT2D eigenvalue weighted by Gasteiger charge is -2.41. The Bertz CT molecular complexity index is 5330. The van der Waals surface area contributed by atoms with Crippen LogP contribution < -0.4 is 30.7 Å². The number of carbonyl (C=O) groups excluding carboxylic acids is 9. The number of rotatable bonds is 12. The van der Waals surface area contributed by atoms with Gasteiger partial charge in [-0.05, 0) is 148 Å². The van der Waals surface area contributed by atoms with E-state index >= 15 is 0 Å². The first kappa shape index (κ1) is 79.8. The molecule has 0 spiro atoms. The predicted molar refractivity (Wildman–Crippen MR) is 380 cm³/mol. The van der Waals surface area contributed by atoms with Crippen molar-refractivity contribution in [3.05, 3.63) is 217 Å². The SMILES string of the molecule is CC(C)(O)CNC(=O)N1C(=O)N(c2cccc(C(F)F)c2)C2=C(C(=O)CC2)C1c1ccc(C#N)cc1.CNC(=O)N1C(=O)N(c2cccc(C(F)(F)F)c2)C2=C(C(=O)CC2)C1c1ccc(C#N)cc1S(C)=O.CS(=O)(=O)c1cc(C#N)ccc1[C@@H]1C2=C(CCC2=O)N(c2cccc(C(F)(F)F)c2)C(=O)N1C(=O)NC1CC1. The topological polar surface area (TPSA) is 352 Å². The number of carbonyl (C=O) groups is 9. The molecule has 1 fully saturated rings. The highest BCUT2D eigenvalue weighted by Gasteiger charge is 2.54. The number of hydrogen-bond donors (Lipinski definition) is 4. The Balaban J connectivity index is 0.000000165. The van der Waals surface area contributed by atoms with E-state index in [0.717, 1.165) is 79.3 Å². The third-order valence-electron chi connectivity index (χ3n) is 18.8. The summed E-state index contributed by atoms with van der Waals surface area (Å²) >= 11 is 0. The molecule has 6 aromatic rings. The van der Waals surface area contributed by atoms with Crippen LogP contribution in [0.2, 0.25) is 0 Å². The molecule has 25 nitrogen and oxygen atoms in total. The van der Waals surface area contributed by atoms with Crippen LogP contribution in [0.3, 0.4) is 0 Å². The van der Waals surface area contributed by atoms with Gasteiger partial charge in [-0.1, -0.05) is 48.5 Å². The van der Waals surface area contributed by atoms with Gasteiger partial charge in [-0.2, -0.15) is 42.1 Å². The van der Waals surface area contributed by atoms with Crippen LogP contribution in [0.1, 0.15) is 140 Å². The average molecular weight is 1570 g/mol. The average Bonchev–Trinajstić information content (AvgIpc) is 1.67. The highest BCUT2D eigenvalue weighted by atomic mass is 32.2. The van der Waals surface area contributed by atoms with Gasteiger partial charge in [0.1, 0.15) is 6.04 Å². The van der Waals surface area contributed by atoms with Crippen LogP contribution >= 0.6 is 0 Å². The second-order valence-electron chi connectivity index (χ2n) is 27.0. The summed E-state index contributed by atoms with van der Waals surface area (Å²) in [5.74, 6) is -1.15. The van der Waals surface area contributed by atoms with Crippen LogP contribution in [-0.4, -0.2) is 124 Å². The molecule has 6 aromatic carbocycles. The number of amides is 12. The monoisotopic (exact) mass is 1570 g/mol. The van der Waals surface area contributed by atoms with E-state index in [-0.39, 0.29) is 140 Å². The Kier molecular flexibility index (Phi) is 22.3. The number of Topliss-reactive ketones (excluding diaryl/α,β-unsaturated/α-hetero) is 3. The fraction of sp³-hybridized carbons (Fsp3) is 0.289. The lowest BCUT2D eigenvalue weighted by Crippen LogP contribution is -2.56. The standard InChI is InChI=1S/C26H21F3N4O5S.C26H24F2N4O4.C24H19F3N4O4S/c1-39(37,38)21-11-14(13-30)5-8-18(21)23-22-19(9-10-20(22)34)32(17-4-2-3-15(12-17)26(27,28)29)25(36)33(23)24(35)31-16-6-7-16;1-26(2,36)14-30-24(34)32-22(16-8-6-15(13-29)7-9-16)21-19(10-11-20(21)33)31(25(32)35)18-5-3-4-17(12-18)23(27)28;1-29-22(33)31-21(16-7-6-13(12-28)10-19(16)36(2)35)20-17(8-9-18(20)32)30(23(31)34)15-5-3-4-14(11-15)24(25,26)27/h2-5,8,11-12,16,23H,6-7,9-10H2,1H3,(H,31,35);3-9,12,22-23,36H,10-11,14H2,1-2H3,(H,30,34);3-7,10-11,21H,8-9H2,1-2H3,(H,29,33)/t23-;;/m1../s1. The predicted octanol–water partition coefficient (Wildman–Crippen LogP) is 13.3. The number of nitrogens with zero attached hydrogens (tertiary/aromatic N) is 9. The molecule has 7 aliphatic rings. The molecular formula is C76H64F8N12O13S2. The normalized spacial score (nSPS) is 18.8. The zero-order valence-corrected chi connectivity index (χ0v) is 60.8. The highest BCUT2D eigenvalue weighted by Crippen LogP contribution is 2.51. The maximum atomic E-state index is 14.0. The van der Waals surface area contributed by atoms with E-state index in [2.05, 4.69) is 16.0 Å². The lowest BCUT2D eigenvalue weighted by molar-refractivity contribution is -0.138. The number of hydrogen-bond acceptors (Lipinski definition) is 16. The molecular weight excluding hydrogens is 1510 g/mol. The highest BCUT2D eigenvalue weighted by molar-refractivity contribution is 7.90. The van der Waals surface area contributed by atoms with Crippen molar-refractivity contribution >= 4 is 91.2 Å². The summed E-state index contributed by atoms with van der Waals surface area (Å²) in [5.41, 5.74) is -1.91. The first-order valence-corrected chi connectivity index (χ1v) is 37.3. The van der Waals surface area contributed by atoms with Gasteiger partial charge in [-0.15, -0.1) is 0 Å². The molecule has 0 saturated heterocycles. The fourth-order valence-electron chi connectivity index (χ4n) is 13.7. The molecule has 4 aliphatic carbocycles. The number of benzene rings is 6. The number of anilines is 3. The van der Waals surface area contributed by atoms with Crippen LogP contribution in [0.4, 0.5) is 81.0 Å². The van der Waals surface area contributed by atoms with E-state index in [4.69, 9.17) is 5.26 Å². The Morgan fingerprint density at radius 2 is 0.973 bits per heavy atom. The Hall–Kier alpha value is -12.3. The number of nitrogens with one attached hydrogen (secondary N) is 3. The van der Waals surface area contributed by atoms with Crippen LogP contribution in [0.25, 0.3) is 0 Å². The first-order valence-electron chi connectivity index (χ1n) is 33.9. The number of imide groups is 3. The van der Waals surface area contributed by atoms with Crippen molar-refractivity contribution in [1.29, 1.82) is 15.8 Å². The molecule has 0 radical (unpaired) electrons. The minimum Gasteiger partial charge on any atom is -0.389 e. The molecule has 3 aliphatic heterocycles. The van der Waals surface area contributed by atoms with Gasteiger partial charge in [-0.3, -0.25) is 33.3 Å². The van der Waals surface area contributed by atoms with Gasteiger partial charge >= 0.3 is 48.5 Å². The number of sulfone groups is 1. The zero-order valence-electron chi connectivity index (χ0n) is 59.2. The van der Waals surface area contributed by atoms with E-state index in [1.165, 1.54) is 99.9 Å². The molecule has 13 rings (SSSR count). The Morgan fingerprint density at radius 3 is 1.40 bits per heavy atom. The number of alkyl halides is 8. The Labute approximate surface area is 630 Å². The maximum absolute atomic E-state index is 14.0. The van der Waals surface area contributed by atoms with E-state index in [0.29, 0.717) is 34.6 Å². The molecule has 0 aromatic heterocycles. The molecule has 111 heavy (non-hydrogen) atoms. The molecule has 12 amide bonds. The molecule has 35 heteroatoms. The number of halogens is 8. The number of nitriles is 3. The smallest absolute Gasteiger partial charge is 0.389 e. The summed E-state index contributed by atoms with van der Waals surface area (Å²) in [7, 11) is -4.42. The molecule has 574 valence electrons. The third-order valence-corrected chi connectivity index (χ3v) is 21.0. The number of allylic oxidation sites excluding steroid dienone is 3. The minimum atomic E-state index is -4.71.